The number of nitrogens with one attached hydrogen (secondary N) is 1. The van der Waals surface area contributed by atoms with Crippen LogP contribution in [0.2, 0.25) is 0 Å². The topological polar surface area (TPSA) is 56.0 Å². The van der Waals surface area contributed by atoms with Crippen molar-refractivity contribution < 1.29 is 18.0 Å². The fraction of sp³-hybridized carbons (Fsp3) is 0.143. The van der Waals surface area contributed by atoms with Crippen LogP contribution in [0.3, 0.4) is 0 Å². The molecule has 9 heteroatoms. The molecule has 1 amide bonds. The van der Waals surface area contributed by atoms with Gasteiger partial charge in [0.05, 0.1) is 11.4 Å². The summed E-state index contributed by atoms with van der Waals surface area (Å²) in [4.78, 5) is 25.1. The van der Waals surface area contributed by atoms with Crippen molar-refractivity contribution >= 4 is 29.4 Å². The molecule has 0 aliphatic rings. The molecule has 0 saturated carbocycles. The van der Waals surface area contributed by atoms with Crippen LogP contribution in [0.5, 0.6) is 0 Å². The smallest absolute Gasteiger partial charge is 0.316 e. The highest BCUT2D eigenvalue weighted by Crippen LogP contribution is 2.36. The first kappa shape index (κ1) is 21.5. The lowest BCUT2D eigenvalue weighted by Crippen LogP contribution is -2.22. The second-order valence-corrected chi connectivity index (χ2v) is 7.51. The van der Waals surface area contributed by atoms with Crippen molar-refractivity contribution in [2.24, 2.45) is 7.05 Å². The minimum absolute atomic E-state index is 0.0606. The van der Waals surface area contributed by atoms with Gasteiger partial charge in [-0.2, -0.15) is 13.2 Å². The van der Waals surface area contributed by atoms with Crippen LogP contribution in [0.1, 0.15) is 11.3 Å². The molecule has 0 saturated heterocycles. The number of hydrogen-bond donors (Lipinski definition) is 1. The molecule has 30 heavy (non-hydrogen) atoms. The van der Waals surface area contributed by atoms with Crippen LogP contribution >= 0.6 is 11.8 Å². The van der Waals surface area contributed by atoms with Crippen LogP contribution in [-0.4, -0.2) is 20.8 Å². The van der Waals surface area contributed by atoms with E-state index in [-0.39, 0.29) is 27.9 Å². The Labute approximate surface area is 174 Å². The quantitative estimate of drug-likeness (QED) is 0.467. The number of anilines is 1. The van der Waals surface area contributed by atoms with E-state index in [2.05, 4.69) is 5.32 Å². The molecule has 1 aromatic heterocycles. The maximum Gasteiger partial charge on any atom is 0.446 e. The maximum absolute atomic E-state index is 12.8. The van der Waals surface area contributed by atoms with Gasteiger partial charge in [0.25, 0.3) is 5.56 Å². The first-order valence-corrected chi connectivity index (χ1v) is 9.66. The minimum Gasteiger partial charge on any atom is -0.316 e. The molecular weight excluding hydrogens is 415 g/mol. The predicted octanol–water partition coefficient (Wildman–Crippen LogP) is 4.75. The molecule has 0 bridgehead atoms. The molecule has 156 valence electrons. The van der Waals surface area contributed by atoms with Crippen molar-refractivity contribution in [2.75, 3.05) is 5.32 Å². The lowest BCUT2D eigenvalue weighted by Gasteiger charge is -2.07. The van der Waals surface area contributed by atoms with E-state index >= 15 is 0 Å². The van der Waals surface area contributed by atoms with Gasteiger partial charge in [-0.05, 0) is 54.6 Å². The van der Waals surface area contributed by atoms with E-state index in [1.165, 1.54) is 41.1 Å². The maximum atomic E-state index is 12.8. The van der Waals surface area contributed by atoms with E-state index < -0.39 is 11.4 Å². The van der Waals surface area contributed by atoms with Crippen molar-refractivity contribution in [3.63, 3.8) is 0 Å². The normalized spacial score (nSPS) is 11.8. The number of aromatic nitrogens is 2. The zero-order valence-corrected chi connectivity index (χ0v) is 16.9. The molecule has 0 aliphatic carbocycles. The molecule has 0 aliphatic heterocycles. The molecule has 0 atom stereocenters. The molecule has 1 heterocycles. The zero-order chi connectivity index (χ0) is 21.9. The third-order valence-corrected chi connectivity index (χ3v) is 5.08. The summed E-state index contributed by atoms with van der Waals surface area (Å²) in [5.74, 6) is -0.519. The average Bonchev–Trinajstić information content (AvgIpc) is 2.90. The van der Waals surface area contributed by atoms with Crippen molar-refractivity contribution in [1.29, 1.82) is 0 Å². The third kappa shape index (κ3) is 5.04. The number of thioether (sulfide) groups is 1. The number of carbonyl (C=O) groups is 1. The van der Waals surface area contributed by atoms with Gasteiger partial charge >= 0.3 is 5.51 Å². The van der Waals surface area contributed by atoms with Gasteiger partial charge in [0, 0.05) is 18.0 Å². The fourth-order valence-corrected chi connectivity index (χ4v) is 3.37. The summed E-state index contributed by atoms with van der Waals surface area (Å²) in [5, 5.41) is 2.59. The van der Waals surface area contributed by atoms with E-state index in [0.29, 0.717) is 16.9 Å². The van der Waals surface area contributed by atoms with Crippen LogP contribution in [0.4, 0.5) is 18.9 Å². The summed E-state index contributed by atoms with van der Waals surface area (Å²) < 4.78 is 40.2. The van der Waals surface area contributed by atoms with Gasteiger partial charge < -0.3 is 5.32 Å². The molecule has 3 rings (SSSR count). The Bertz CT molecular complexity index is 1130. The highest BCUT2D eigenvalue weighted by Gasteiger charge is 2.28. The van der Waals surface area contributed by atoms with Gasteiger partial charge in [-0.1, -0.05) is 30.3 Å². The van der Waals surface area contributed by atoms with E-state index in [0.717, 1.165) is 0 Å². The number of hydrogen-bond acceptors (Lipinski definition) is 3. The van der Waals surface area contributed by atoms with Crippen LogP contribution < -0.4 is 10.9 Å². The van der Waals surface area contributed by atoms with Gasteiger partial charge in [0.1, 0.15) is 5.69 Å². The second kappa shape index (κ2) is 8.66. The van der Waals surface area contributed by atoms with Crippen molar-refractivity contribution in [3.05, 3.63) is 82.3 Å². The molecule has 0 spiro atoms. The summed E-state index contributed by atoms with van der Waals surface area (Å²) >= 11 is -0.202. The van der Waals surface area contributed by atoms with E-state index in [4.69, 9.17) is 0 Å². The van der Waals surface area contributed by atoms with Gasteiger partial charge in [0.2, 0.25) is 5.91 Å². The summed E-state index contributed by atoms with van der Waals surface area (Å²) in [5.41, 5.74) is -2.75. The molecule has 2 aromatic carbocycles. The lowest BCUT2D eigenvalue weighted by atomic mass is 10.2. The first-order valence-electron chi connectivity index (χ1n) is 8.84. The Morgan fingerprint density at radius 3 is 2.30 bits per heavy atom. The van der Waals surface area contributed by atoms with Gasteiger partial charge in [-0.3, -0.25) is 14.3 Å². The predicted molar refractivity (Wildman–Crippen MR) is 112 cm³/mol. The van der Waals surface area contributed by atoms with E-state index in [1.54, 1.807) is 30.8 Å². The Balaban J connectivity index is 1.75. The first-order chi connectivity index (χ1) is 14.2. The SMILES string of the molecule is Cc1c(NC(=O)/C=C/c2ccc(SC(F)(F)F)cc2)c(=O)n(-c2ccccc2)n1C. The fourth-order valence-electron chi connectivity index (χ4n) is 2.83. The van der Waals surface area contributed by atoms with Crippen molar-refractivity contribution in [1.82, 2.24) is 9.36 Å². The summed E-state index contributed by atoms with van der Waals surface area (Å²) in [7, 11) is 1.72. The molecule has 1 N–H and O–H groups in total. The molecule has 0 radical (unpaired) electrons. The van der Waals surface area contributed by atoms with Gasteiger partial charge in [-0.25, -0.2) is 4.68 Å². The minimum atomic E-state index is -4.35. The van der Waals surface area contributed by atoms with Crippen LogP contribution in [0, 0.1) is 6.92 Å². The van der Waals surface area contributed by atoms with Gasteiger partial charge in [0.15, 0.2) is 0 Å². The summed E-state index contributed by atoms with van der Waals surface area (Å²) in [6.07, 6.45) is 2.69. The lowest BCUT2D eigenvalue weighted by molar-refractivity contribution is -0.111. The Hall–Kier alpha value is -3.20. The number of halogens is 3. The monoisotopic (exact) mass is 433 g/mol. The number of carbonyl (C=O) groups excluding carboxylic acids is 1. The summed E-state index contributed by atoms with van der Waals surface area (Å²) in [6, 6.07) is 14.6. The Morgan fingerprint density at radius 2 is 1.70 bits per heavy atom. The molecule has 5 nitrogen and oxygen atoms in total. The largest absolute Gasteiger partial charge is 0.446 e. The number of alkyl halides is 3. The third-order valence-electron chi connectivity index (χ3n) is 4.34. The second-order valence-electron chi connectivity index (χ2n) is 6.38. The number of rotatable bonds is 5. The highest BCUT2D eigenvalue weighted by molar-refractivity contribution is 8.00. The number of para-hydroxylation sites is 1. The molecule has 3 aromatic rings. The van der Waals surface area contributed by atoms with Crippen LogP contribution in [-0.2, 0) is 11.8 Å². The van der Waals surface area contributed by atoms with E-state index in [9.17, 15) is 22.8 Å². The Kier molecular flexibility index (Phi) is 6.21. The van der Waals surface area contributed by atoms with Crippen LogP contribution in [0.25, 0.3) is 11.8 Å². The van der Waals surface area contributed by atoms with Crippen LogP contribution in [0.15, 0.2) is 70.4 Å². The highest BCUT2D eigenvalue weighted by atomic mass is 32.2. The summed E-state index contributed by atoms with van der Waals surface area (Å²) in [6.45, 7) is 1.72. The Morgan fingerprint density at radius 1 is 1.07 bits per heavy atom. The zero-order valence-electron chi connectivity index (χ0n) is 16.1. The molecular formula is C21H18F3N3O2S. The number of amides is 1. The molecule has 0 fully saturated rings. The van der Waals surface area contributed by atoms with Gasteiger partial charge in [-0.15, -0.1) is 0 Å². The molecule has 0 unspecified atom stereocenters. The average molecular weight is 433 g/mol. The van der Waals surface area contributed by atoms with E-state index in [1.807, 2.05) is 18.2 Å². The standard InChI is InChI=1S/C21H18F3N3O2S/c1-14-19(20(29)27(26(14)2)16-6-4-3-5-7-16)25-18(28)13-10-15-8-11-17(12-9-15)30-21(22,23)24/h3-13H,1-2H3,(H,25,28)/b13-10+. The number of nitrogens with zero attached hydrogens (tertiary/aromatic N) is 2. The van der Waals surface area contributed by atoms with Crippen molar-refractivity contribution in [3.8, 4) is 5.69 Å². The number of benzene rings is 2. The van der Waals surface area contributed by atoms with Crippen molar-refractivity contribution in [2.45, 2.75) is 17.3 Å².